The lowest BCUT2D eigenvalue weighted by atomic mass is 9.83. The Morgan fingerprint density at radius 1 is 0.960 bits per heavy atom. The highest BCUT2D eigenvalue weighted by atomic mass is 16.6. The molecular formula is C20H23NO4. The van der Waals surface area contributed by atoms with E-state index in [2.05, 4.69) is 17.0 Å². The topological polar surface area (TPSA) is 62.2 Å². The normalized spacial score (nSPS) is 19.6. The summed E-state index contributed by atoms with van der Waals surface area (Å²) in [7, 11) is 0. The van der Waals surface area contributed by atoms with E-state index in [9.17, 15) is 10.2 Å². The van der Waals surface area contributed by atoms with Crippen LogP contribution < -0.4 is 9.47 Å². The van der Waals surface area contributed by atoms with Crippen LogP contribution in [0.4, 0.5) is 0 Å². The molecule has 2 aliphatic rings. The van der Waals surface area contributed by atoms with Crippen LogP contribution in [0.25, 0.3) is 0 Å². The number of aliphatic hydroxyl groups is 1. The van der Waals surface area contributed by atoms with E-state index in [1.165, 1.54) is 5.56 Å². The van der Waals surface area contributed by atoms with Crippen LogP contribution in [-0.4, -0.2) is 41.4 Å². The predicted octanol–water partition coefficient (Wildman–Crippen LogP) is 2.65. The second-order valence-electron chi connectivity index (χ2n) is 6.78. The Kier molecular flexibility index (Phi) is 4.27. The average Bonchev–Trinajstić information content (AvgIpc) is 2.64. The number of rotatable bonds is 3. The molecule has 0 atom stereocenters. The highest BCUT2D eigenvalue weighted by molar-refractivity contribution is 5.56. The number of phenolic OH excluding ortho intramolecular Hbond substituents is 1. The smallest absolute Gasteiger partial charge is 0.171 e. The van der Waals surface area contributed by atoms with Gasteiger partial charge in [0, 0.05) is 19.6 Å². The van der Waals surface area contributed by atoms with Crippen molar-refractivity contribution < 1.29 is 19.7 Å². The van der Waals surface area contributed by atoms with Crippen molar-refractivity contribution in [1.82, 2.24) is 4.90 Å². The van der Waals surface area contributed by atoms with Crippen molar-refractivity contribution >= 4 is 0 Å². The second-order valence-corrected chi connectivity index (χ2v) is 6.78. The molecule has 132 valence electrons. The van der Waals surface area contributed by atoms with Crippen molar-refractivity contribution in [3.63, 3.8) is 0 Å². The van der Waals surface area contributed by atoms with Gasteiger partial charge in [-0.2, -0.15) is 0 Å². The van der Waals surface area contributed by atoms with Crippen molar-refractivity contribution in [2.24, 2.45) is 0 Å². The van der Waals surface area contributed by atoms with Crippen LogP contribution in [0.1, 0.15) is 24.0 Å². The molecule has 5 nitrogen and oxygen atoms in total. The SMILES string of the molecule is Oc1ccc2c(c1C1(O)CCN(Cc3ccccc3)CC1)OCCO2. The Morgan fingerprint density at radius 3 is 2.44 bits per heavy atom. The third kappa shape index (κ3) is 3.17. The first-order valence-electron chi connectivity index (χ1n) is 8.76. The zero-order valence-corrected chi connectivity index (χ0v) is 14.1. The number of fused-ring (bicyclic) bond motifs is 1. The van der Waals surface area contributed by atoms with Crippen LogP contribution in [0.5, 0.6) is 17.2 Å². The molecule has 5 heteroatoms. The maximum Gasteiger partial charge on any atom is 0.171 e. The van der Waals surface area contributed by atoms with E-state index >= 15 is 0 Å². The van der Waals surface area contributed by atoms with E-state index < -0.39 is 5.60 Å². The summed E-state index contributed by atoms with van der Waals surface area (Å²) in [5.41, 5.74) is 0.650. The zero-order chi connectivity index (χ0) is 17.3. The molecule has 0 spiro atoms. The number of benzene rings is 2. The van der Waals surface area contributed by atoms with Gasteiger partial charge >= 0.3 is 0 Å². The number of hydrogen-bond donors (Lipinski definition) is 2. The van der Waals surface area contributed by atoms with Crippen LogP contribution in [0, 0.1) is 0 Å². The Balaban J connectivity index is 1.53. The van der Waals surface area contributed by atoms with Crippen molar-refractivity contribution in [3.8, 4) is 17.2 Å². The Bertz CT molecular complexity index is 739. The lowest BCUT2D eigenvalue weighted by Crippen LogP contribution is -2.42. The van der Waals surface area contributed by atoms with E-state index in [1.54, 1.807) is 12.1 Å². The number of hydrogen-bond acceptors (Lipinski definition) is 5. The molecule has 0 aliphatic carbocycles. The lowest BCUT2D eigenvalue weighted by Gasteiger charge is -2.40. The number of phenols is 1. The van der Waals surface area contributed by atoms with Gasteiger partial charge in [0.2, 0.25) is 0 Å². The molecule has 0 aromatic heterocycles. The van der Waals surface area contributed by atoms with Gasteiger partial charge in [-0.15, -0.1) is 0 Å². The molecule has 1 fully saturated rings. The Labute approximate surface area is 147 Å². The third-order valence-electron chi connectivity index (χ3n) is 5.08. The predicted molar refractivity (Wildman–Crippen MR) is 93.9 cm³/mol. The first-order valence-corrected chi connectivity index (χ1v) is 8.76. The summed E-state index contributed by atoms with van der Waals surface area (Å²) in [5, 5.41) is 21.6. The minimum Gasteiger partial charge on any atom is -0.507 e. The quantitative estimate of drug-likeness (QED) is 0.899. The molecule has 0 radical (unpaired) electrons. The molecule has 25 heavy (non-hydrogen) atoms. The van der Waals surface area contributed by atoms with Gasteiger partial charge in [-0.25, -0.2) is 0 Å². The van der Waals surface area contributed by atoms with E-state index in [0.717, 1.165) is 19.6 Å². The van der Waals surface area contributed by atoms with E-state index in [-0.39, 0.29) is 5.75 Å². The number of likely N-dealkylation sites (tertiary alicyclic amines) is 1. The fourth-order valence-corrected chi connectivity index (χ4v) is 3.73. The summed E-state index contributed by atoms with van der Waals surface area (Å²) in [6.45, 7) is 3.31. The van der Waals surface area contributed by atoms with Crippen LogP contribution in [0.15, 0.2) is 42.5 Å². The maximum atomic E-state index is 11.2. The molecule has 4 rings (SSSR count). The van der Waals surface area contributed by atoms with Crippen LogP contribution in [0.2, 0.25) is 0 Å². The van der Waals surface area contributed by atoms with Crippen molar-refractivity contribution in [2.75, 3.05) is 26.3 Å². The molecule has 0 saturated carbocycles. The number of aromatic hydroxyl groups is 1. The molecular weight excluding hydrogens is 318 g/mol. The second kappa shape index (κ2) is 6.58. The minimum atomic E-state index is -1.09. The van der Waals surface area contributed by atoms with Gasteiger partial charge in [0.15, 0.2) is 11.5 Å². The van der Waals surface area contributed by atoms with Gasteiger partial charge in [0.05, 0.1) is 11.2 Å². The molecule has 0 unspecified atom stereocenters. The molecule has 2 heterocycles. The summed E-state index contributed by atoms with van der Waals surface area (Å²) in [6, 6.07) is 13.6. The molecule has 2 aromatic carbocycles. The minimum absolute atomic E-state index is 0.0725. The largest absolute Gasteiger partial charge is 0.507 e. The summed E-state index contributed by atoms with van der Waals surface area (Å²) >= 11 is 0. The van der Waals surface area contributed by atoms with Gasteiger partial charge in [0.1, 0.15) is 19.0 Å². The van der Waals surface area contributed by atoms with E-state index in [4.69, 9.17) is 9.47 Å². The van der Waals surface area contributed by atoms with Gasteiger partial charge in [-0.05, 0) is 30.5 Å². The van der Waals surface area contributed by atoms with Crippen LogP contribution in [-0.2, 0) is 12.1 Å². The van der Waals surface area contributed by atoms with E-state index in [1.807, 2.05) is 18.2 Å². The van der Waals surface area contributed by atoms with Crippen LogP contribution >= 0.6 is 0 Å². The number of nitrogens with zero attached hydrogens (tertiary/aromatic N) is 1. The standard InChI is InChI=1S/C20H23NO4/c22-16-6-7-17-19(25-13-12-24-17)18(16)20(23)8-10-21(11-9-20)14-15-4-2-1-3-5-15/h1-7,22-23H,8-14H2. The molecule has 0 amide bonds. The molecule has 1 saturated heterocycles. The van der Waals surface area contributed by atoms with Gasteiger partial charge in [0.25, 0.3) is 0 Å². The highest BCUT2D eigenvalue weighted by Gasteiger charge is 2.40. The monoisotopic (exact) mass is 341 g/mol. The number of piperidine rings is 1. The summed E-state index contributed by atoms with van der Waals surface area (Å²) in [5.74, 6) is 1.16. The highest BCUT2D eigenvalue weighted by Crippen LogP contribution is 2.48. The van der Waals surface area contributed by atoms with Gasteiger partial charge in [-0.1, -0.05) is 30.3 Å². The van der Waals surface area contributed by atoms with E-state index in [0.29, 0.717) is 43.1 Å². The fourth-order valence-electron chi connectivity index (χ4n) is 3.73. The molecule has 2 aliphatic heterocycles. The molecule has 2 aromatic rings. The third-order valence-corrected chi connectivity index (χ3v) is 5.08. The summed E-state index contributed by atoms with van der Waals surface area (Å²) in [6.07, 6.45) is 1.10. The van der Waals surface area contributed by atoms with Crippen molar-refractivity contribution in [2.45, 2.75) is 25.0 Å². The average molecular weight is 341 g/mol. The number of ether oxygens (including phenoxy) is 2. The summed E-state index contributed by atoms with van der Waals surface area (Å²) in [4.78, 5) is 2.33. The maximum absolute atomic E-state index is 11.2. The Morgan fingerprint density at radius 2 is 1.68 bits per heavy atom. The van der Waals surface area contributed by atoms with Crippen molar-refractivity contribution in [3.05, 3.63) is 53.6 Å². The lowest BCUT2D eigenvalue weighted by molar-refractivity contribution is -0.0322. The van der Waals surface area contributed by atoms with Crippen molar-refractivity contribution in [1.29, 1.82) is 0 Å². The molecule has 2 N–H and O–H groups in total. The van der Waals surface area contributed by atoms with Gasteiger partial charge in [-0.3, -0.25) is 4.90 Å². The van der Waals surface area contributed by atoms with Crippen LogP contribution in [0.3, 0.4) is 0 Å². The fraction of sp³-hybridized carbons (Fsp3) is 0.400. The first-order chi connectivity index (χ1) is 12.2. The van der Waals surface area contributed by atoms with Gasteiger partial charge < -0.3 is 19.7 Å². The first kappa shape index (κ1) is 16.2. The summed E-state index contributed by atoms with van der Waals surface area (Å²) < 4.78 is 11.3. The Hall–Kier alpha value is -2.24. The molecule has 0 bridgehead atoms. The zero-order valence-electron chi connectivity index (χ0n) is 14.1.